The molecule has 0 spiro atoms. The van der Waals surface area contributed by atoms with E-state index in [1.54, 1.807) is 12.1 Å². The van der Waals surface area contributed by atoms with Crippen molar-refractivity contribution in [3.8, 4) is 5.69 Å². The quantitative estimate of drug-likeness (QED) is 0.536. The zero-order valence-corrected chi connectivity index (χ0v) is 16.2. The van der Waals surface area contributed by atoms with Crippen molar-refractivity contribution in [3.05, 3.63) is 83.2 Å². The van der Waals surface area contributed by atoms with E-state index >= 15 is 0 Å². The highest BCUT2D eigenvalue weighted by Crippen LogP contribution is 2.25. The average molecular weight is 404 g/mol. The second-order valence-electron chi connectivity index (χ2n) is 6.80. The first kappa shape index (κ1) is 19.3. The van der Waals surface area contributed by atoms with Crippen molar-refractivity contribution in [2.45, 2.75) is 13.8 Å². The van der Waals surface area contributed by atoms with E-state index in [0.29, 0.717) is 11.3 Å². The zero-order chi connectivity index (χ0) is 21.4. The number of nitrogens with one attached hydrogen (secondary N) is 1. The number of imide groups is 2. The lowest BCUT2D eigenvalue weighted by molar-refractivity contribution is -0.122. The molecule has 1 aromatic carbocycles. The van der Waals surface area contributed by atoms with E-state index < -0.39 is 17.8 Å². The smallest absolute Gasteiger partial charge is 0.318 e. The summed E-state index contributed by atoms with van der Waals surface area (Å²) >= 11 is 0. The first-order chi connectivity index (χ1) is 14.4. The summed E-state index contributed by atoms with van der Waals surface area (Å²) in [7, 11) is 0. The first-order valence-corrected chi connectivity index (χ1v) is 9.13. The minimum atomic E-state index is -0.815. The maximum absolute atomic E-state index is 13.3. The fourth-order valence-electron chi connectivity index (χ4n) is 3.46. The maximum Gasteiger partial charge on any atom is 0.335 e. The summed E-state index contributed by atoms with van der Waals surface area (Å²) in [6, 6.07) is 10.0. The highest BCUT2D eigenvalue weighted by Gasteiger charge is 2.37. The number of hydrogen-bond donors (Lipinski definition) is 1. The van der Waals surface area contributed by atoms with Crippen molar-refractivity contribution >= 4 is 29.6 Å². The van der Waals surface area contributed by atoms with E-state index in [1.807, 2.05) is 24.5 Å². The highest BCUT2D eigenvalue weighted by molar-refractivity contribution is 6.39. The number of carbonyl (C=O) groups excluding carboxylic acids is 3. The number of halogens is 1. The molecule has 1 saturated heterocycles. The summed E-state index contributed by atoms with van der Waals surface area (Å²) in [6.07, 6.45) is 4.36. The maximum atomic E-state index is 13.3. The second kappa shape index (κ2) is 7.40. The van der Waals surface area contributed by atoms with Gasteiger partial charge in [0.05, 0.1) is 5.69 Å². The number of barbiturate groups is 1. The summed E-state index contributed by atoms with van der Waals surface area (Å²) in [5.41, 5.74) is 3.15. The van der Waals surface area contributed by atoms with Crippen LogP contribution in [0.2, 0.25) is 0 Å². The fraction of sp³-hybridized carbons (Fsp3) is 0.0909. The van der Waals surface area contributed by atoms with Gasteiger partial charge in [0.1, 0.15) is 11.4 Å². The number of urea groups is 1. The van der Waals surface area contributed by atoms with Gasteiger partial charge < -0.3 is 4.57 Å². The number of aromatic nitrogens is 2. The number of anilines is 1. The Morgan fingerprint density at radius 3 is 2.30 bits per heavy atom. The van der Waals surface area contributed by atoms with E-state index in [9.17, 15) is 18.8 Å². The van der Waals surface area contributed by atoms with E-state index in [2.05, 4.69) is 10.3 Å². The van der Waals surface area contributed by atoms with Crippen molar-refractivity contribution in [2.24, 2.45) is 0 Å². The molecule has 0 atom stereocenters. The molecule has 0 bridgehead atoms. The van der Waals surface area contributed by atoms with Gasteiger partial charge in [-0.15, -0.1) is 0 Å². The van der Waals surface area contributed by atoms with Crippen LogP contribution in [-0.2, 0) is 9.59 Å². The molecule has 2 aromatic heterocycles. The Balaban J connectivity index is 1.76. The predicted octanol–water partition coefficient (Wildman–Crippen LogP) is 3.29. The number of benzene rings is 1. The van der Waals surface area contributed by atoms with Crippen molar-refractivity contribution < 1.29 is 18.8 Å². The van der Waals surface area contributed by atoms with Crippen LogP contribution in [0.1, 0.15) is 17.0 Å². The van der Waals surface area contributed by atoms with Gasteiger partial charge in [-0.05, 0) is 68.0 Å². The molecular weight excluding hydrogens is 387 g/mol. The average Bonchev–Trinajstić information content (AvgIpc) is 3.00. The Hall–Kier alpha value is -4.07. The Morgan fingerprint density at radius 2 is 1.63 bits per heavy atom. The minimum absolute atomic E-state index is 0.161. The normalized spacial score (nSPS) is 15.6. The molecule has 0 radical (unpaired) electrons. The molecule has 1 fully saturated rings. The first-order valence-electron chi connectivity index (χ1n) is 9.13. The van der Waals surface area contributed by atoms with Gasteiger partial charge in [-0.3, -0.25) is 19.9 Å². The molecule has 30 heavy (non-hydrogen) atoms. The van der Waals surface area contributed by atoms with Crippen LogP contribution in [0.5, 0.6) is 0 Å². The zero-order valence-electron chi connectivity index (χ0n) is 16.2. The molecule has 8 heteroatoms. The Labute approximate surface area is 171 Å². The van der Waals surface area contributed by atoms with Gasteiger partial charge >= 0.3 is 6.03 Å². The molecule has 3 heterocycles. The molecule has 0 aliphatic carbocycles. The third-order valence-electron chi connectivity index (χ3n) is 4.88. The van der Waals surface area contributed by atoms with Gasteiger partial charge in [-0.25, -0.2) is 14.1 Å². The minimum Gasteiger partial charge on any atom is -0.318 e. The number of hydrogen-bond acceptors (Lipinski definition) is 4. The third kappa shape index (κ3) is 3.28. The van der Waals surface area contributed by atoms with E-state index in [4.69, 9.17) is 0 Å². The lowest BCUT2D eigenvalue weighted by atomic mass is 10.1. The number of carbonyl (C=O) groups is 3. The van der Waals surface area contributed by atoms with Gasteiger partial charge in [-0.2, -0.15) is 0 Å². The monoisotopic (exact) mass is 404 g/mol. The Morgan fingerprint density at radius 1 is 0.967 bits per heavy atom. The highest BCUT2D eigenvalue weighted by atomic mass is 19.1. The van der Waals surface area contributed by atoms with Crippen molar-refractivity contribution in [2.75, 3.05) is 4.90 Å². The summed E-state index contributed by atoms with van der Waals surface area (Å²) in [5.74, 6) is -1.82. The van der Waals surface area contributed by atoms with Gasteiger partial charge in [0.15, 0.2) is 0 Å². The topological polar surface area (TPSA) is 84.3 Å². The molecule has 1 aliphatic heterocycles. The van der Waals surface area contributed by atoms with Crippen LogP contribution in [-0.4, -0.2) is 27.4 Å². The van der Waals surface area contributed by atoms with Crippen molar-refractivity contribution in [3.63, 3.8) is 0 Å². The van der Waals surface area contributed by atoms with Gasteiger partial charge in [0, 0.05) is 29.5 Å². The summed E-state index contributed by atoms with van der Waals surface area (Å²) in [5, 5.41) is 2.20. The predicted molar refractivity (Wildman–Crippen MR) is 108 cm³/mol. The molecule has 1 aliphatic rings. The van der Waals surface area contributed by atoms with Crippen LogP contribution in [0.3, 0.4) is 0 Å². The van der Waals surface area contributed by atoms with E-state index in [0.717, 1.165) is 22.0 Å². The van der Waals surface area contributed by atoms with Crippen LogP contribution >= 0.6 is 0 Å². The number of pyridine rings is 1. The molecule has 3 aromatic rings. The fourth-order valence-corrected chi connectivity index (χ4v) is 3.46. The lowest BCUT2D eigenvalue weighted by Gasteiger charge is -2.26. The van der Waals surface area contributed by atoms with Gasteiger partial charge in [0.25, 0.3) is 11.8 Å². The molecule has 4 rings (SSSR count). The summed E-state index contributed by atoms with van der Waals surface area (Å²) in [4.78, 5) is 42.4. The molecule has 1 N–H and O–H groups in total. The van der Waals surface area contributed by atoms with Crippen LogP contribution in [0, 0.1) is 19.7 Å². The molecule has 7 nitrogen and oxygen atoms in total. The lowest BCUT2D eigenvalue weighted by Crippen LogP contribution is -2.54. The molecule has 0 unspecified atom stereocenters. The standard InChI is InChI=1S/C22H17FN4O3/c1-13-11-15(14(2)26(13)17-5-3-16(23)4-6-17)12-19-20(28)25-22(30)27(21(19)29)18-7-9-24-10-8-18/h3-12H,1-2H3,(H,25,28,30)/b19-12+. The second-order valence-corrected chi connectivity index (χ2v) is 6.80. The van der Waals surface area contributed by atoms with Gasteiger partial charge in [-0.1, -0.05) is 0 Å². The van der Waals surface area contributed by atoms with Crippen molar-refractivity contribution in [1.29, 1.82) is 0 Å². The van der Waals surface area contributed by atoms with E-state index in [1.165, 1.54) is 42.7 Å². The Bertz CT molecular complexity index is 1200. The summed E-state index contributed by atoms with van der Waals surface area (Å²) in [6.45, 7) is 3.70. The molecular formula is C22H17FN4O3. The largest absolute Gasteiger partial charge is 0.335 e. The third-order valence-corrected chi connectivity index (χ3v) is 4.88. The number of aryl methyl sites for hydroxylation is 1. The van der Waals surface area contributed by atoms with Crippen LogP contribution < -0.4 is 10.2 Å². The summed E-state index contributed by atoms with van der Waals surface area (Å²) < 4.78 is 15.2. The SMILES string of the molecule is Cc1cc(/C=C2\C(=O)NC(=O)N(c3ccncc3)C2=O)c(C)n1-c1ccc(F)cc1. The van der Waals surface area contributed by atoms with Crippen LogP contribution in [0.25, 0.3) is 11.8 Å². The number of rotatable bonds is 3. The molecule has 150 valence electrons. The van der Waals surface area contributed by atoms with Crippen LogP contribution in [0.15, 0.2) is 60.4 Å². The molecule has 4 amide bonds. The van der Waals surface area contributed by atoms with E-state index in [-0.39, 0.29) is 11.4 Å². The molecule has 0 saturated carbocycles. The number of nitrogens with zero attached hydrogens (tertiary/aromatic N) is 3. The van der Waals surface area contributed by atoms with Gasteiger partial charge in [0.2, 0.25) is 0 Å². The van der Waals surface area contributed by atoms with Crippen molar-refractivity contribution in [1.82, 2.24) is 14.9 Å². The number of amides is 4. The van der Waals surface area contributed by atoms with Crippen LogP contribution in [0.4, 0.5) is 14.9 Å². The Kier molecular flexibility index (Phi) is 4.75.